The van der Waals surface area contributed by atoms with E-state index in [1.807, 2.05) is 13.8 Å². The summed E-state index contributed by atoms with van der Waals surface area (Å²) in [5, 5.41) is 8.22. The van der Waals surface area contributed by atoms with Crippen molar-refractivity contribution in [1.82, 2.24) is 5.48 Å². The summed E-state index contributed by atoms with van der Waals surface area (Å²) in [5.41, 5.74) is 2.07. The first kappa shape index (κ1) is 8.21. The second-order valence-electron chi connectivity index (χ2n) is 2.63. The number of nitrogens with one attached hydrogen (secondary N) is 1. The van der Waals surface area contributed by atoms with Crippen molar-refractivity contribution in [3.8, 4) is 0 Å². The molecule has 0 fully saturated rings. The number of halogens is 1. The quantitative estimate of drug-likeness (QED) is 0.453. The van der Waals surface area contributed by atoms with Gasteiger partial charge in [0.15, 0.2) is 0 Å². The third-order valence-corrected chi connectivity index (χ3v) is 1.64. The number of alkyl halides is 1. The van der Waals surface area contributed by atoms with Crippen LogP contribution in [0.5, 0.6) is 0 Å². The minimum absolute atomic E-state index is 0.00367. The zero-order valence-electron chi connectivity index (χ0n) is 5.24. The van der Waals surface area contributed by atoms with Crippen molar-refractivity contribution in [2.75, 3.05) is 12.4 Å². The lowest BCUT2D eigenvalue weighted by atomic mass is 9.97. The van der Waals surface area contributed by atoms with Crippen LogP contribution in [0.3, 0.4) is 0 Å². The van der Waals surface area contributed by atoms with Gasteiger partial charge in [0.05, 0.1) is 0 Å². The van der Waals surface area contributed by atoms with E-state index in [1.165, 1.54) is 0 Å². The highest BCUT2D eigenvalue weighted by atomic mass is 35.5. The van der Waals surface area contributed by atoms with Crippen molar-refractivity contribution < 1.29 is 5.21 Å². The predicted molar refractivity (Wildman–Crippen MR) is 34.3 cm³/mol. The summed E-state index contributed by atoms with van der Waals surface area (Å²) < 4.78 is 0. The molecule has 0 aromatic heterocycles. The van der Waals surface area contributed by atoms with E-state index >= 15 is 0 Å². The Hall–Kier alpha value is 0.210. The van der Waals surface area contributed by atoms with E-state index in [2.05, 4.69) is 5.48 Å². The number of hydrogen-bond donors (Lipinski definition) is 2. The van der Waals surface area contributed by atoms with Gasteiger partial charge in [0, 0.05) is 12.4 Å². The Balaban J connectivity index is 3.37. The molecular weight excluding hydrogens is 126 g/mol. The Morgan fingerprint density at radius 3 is 2.25 bits per heavy atom. The smallest absolute Gasteiger partial charge is 0.0287 e. The normalized spacial score (nSPS) is 12.0. The summed E-state index contributed by atoms with van der Waals surface area (Å²) >= 11 is 5.52. The Morgan fingerprint density at radius 2 is 2.12 bits per heavy atom. The van der Waals surface area contributed by atoms with Gasteiger partial charge in [-0.2, -0.15) is 0 Å². The van der Waals surface area contributed by atoms with E-state index in [0.717, 1.165) is 0 Å². The monoisotopic (exact) mass is 137 g/mol. The standard InChI is InChI=1S/C5H12ClNO/c1-5(2,3-6)4-7-8/h7-8H,3-4H2,1-2H3. The van der Waals surface area contributed by atoms with Crippen LogP contribution in [0.1, 0.15) is 13.8 Å². The maximum atomic E-state index is 8.22. The van der Waals surface area contributed by atoms with E-state index in [4.69, 9.17) is 16.8 Å². The van der Waals surface area contributed by atoms with Gasteiger partial charge in [0.25, 0.3) is 0 Å². The summed E-state index contributed by atoms with van der Waals surface area (Å²) in [7, 11) is 0. The van der Waals surface area contributed by atoms with Gasteiger partial charge in [-0.3, -0.25) is 0 Å². The minimum atomic E-state index is -0.00367. The van der Waals surface area contributed by atoms with Crippen LogP contribution in [0.25, 0.3) is 0 Å². The minimum Gasteiger partial charge on any atom is -0.317 e. The summed E-state index contributed by atoms with van der Waals surface area (Å²) in [5.74, 6) is 0.556. The lowest BCUT2D eigenvalue weighted by molar-refractivity contribution is 0.132. The zero-order valence-corrected chi connectivity index (χ0v) is 6.00. The number of rotatable bonds is 3. The van der Waals surface area contributed by atoms with Crippen LogP contribution in [0.2, 0.25) is 0 Å². The maximum Gasteiger partial charge on any atom is 0.0287 e. The number of hydrogen-bond acceptors (Lipinski definition) is 2. The Kier molecular flexibility index (Phi) is 3.36. The van der Waals surface area contributed by atoms with Crippen molar-refractivity contribution in [3.05, 3.63) is 0 Å². The molecule has 0 saturated carbocycles. The second-order valence-corrected chi connectivity index (χ2v) is 2.90. The lowest BCUT2D eigenvalue weighted by Gasteiger charge is -2.18. The molecule has 0 saturated heterocycles. The van der Waals surface area contributed by atoms with E-state index < -0.39 is 0 Å². The van der Waals surface area contributed by atoms with Crippen molar-refractivity contribution in [1.29, 1.82) is 0 Å². The summed E-state index contributed by atoms with van der Waals surface area (Å²) in [4.78, 5) is 0. The third-order valence-electron chi connectivity index (χ3n) is 0.919. The number of hydroxylamine groups is 1. The average Bonchev–Trinajstić information content (AvgIpc) is 1.67. The summed E-state index contributed by atoms with van der Waals surface area (Å²) in [6.07, 6.45) is 0. The molecule has 0 bridgehead atoms. The fourth-order valence-electron chi connectivity index (χ4n) is 0.261. The summed E-state index contributed by atoms with van der Waals surface area (Å²) in [6, 6.07) is 0. The zero-order chi connectivity index (χ0) is 6.62. The molecule has 0 heterocycles. The molecule has 0 amide bonds. The molecule has 0 atom stereocenters. The predicted octanol–water partition coefficient (Wildman–Crippen LogP) is 1.23. The molecule has 0 unspecified atom stereocenters. The molecule has 0 rings (SSSR count). The van der Waals surface area contributed by atoms with Crippen molar-refractivity contribution in [2.24, 2.45) is 5.41 Å². The highest BCUT2D eigenvalue weighted by molar-refractivity contribution is 6.18. The van der Waals surface area contributed by atoms with Crippen molar-refractivity contribution in [2.45, 2.75) is 13.8 Å². The summed E-state index contributed by atoms with van der Waals surface area (Å²) in [6.45, 7) is 4.49. The first-order chi connectivity index (χ1) is 3.62. The van der Waals surface area contributed by atoms with E-state index in [9.17, 15) is 0 Å². The van der Waals surface area contributed by atoms with Crippen molar-refractivity contribution in [3.63, 3.8) is 0 Å². The first-order valence-corrected chi connectivity index (χ1v) is 3.09. The fraction of sp³-hybridized carbons (Fsp3) is 1.00. The largest absolute Gasteiger partial charge is 0.317 e. The van der Waals surface area contributed by atoms with Crippen LogP contribution in [0, 0.1) is 5.41 Å². The van der Waals surface area contributed by atoms with Crippen LogP contribution in [0.15, 0.2) is 0 Å². The molecule has 0 radical (unpaired) electrons. The molecule has 0 spiro atoms. The molecule has 3 heteroatoms. The van der Waals surface area contributed by atoms with E-state index in [1.54, 1.807) is 0 Å². The highest BCUT2D eigenvalue weighted by Crippen LogP contribution is 2.14. The van der Waals surface area contributed by atoms with Gasteiger partial charge < -0.3 is 5.21 Å². The Bertz CT molecular complexity index is 65.4. The highest BCUT2D eigenvalue weighted by Gasteiger charge is 2.14. The van der Waals surface area contributed by atoms with E-state index in [0.29, 0.717) is 12.4 Å². The van der Waals surface area contributed by atoms with Crippen LogP contribution in [-0.2, 0) is 0 Å². The van der Waals surface area contributed by atoms with Gasteiger partial charge in [-0.05, 0) is 5.41 Å². The van der Waals surface area contributed by atoms with Crippen LogP contribution in [0.4, 0.5) is 0 Å². The molecule has 0 aromatic carbocycles. The molecule has 2 nitrogen and oxygen atoms in total. The maximum absolute atomic E-state index is 8.22. The molecule has 2 N–H and O–H groups in total. The molecule has 0 aliphatic heterocycles. The first-order valence-electron chi connectivity index (χ1n) is 2.55. The molecule has 50 valence electrons. The third kappa shape index (κ3) is 3.24. The van der Waals surface area contributed by atoms with E-state index in [-0.39, 0.29) is 5.41 Å². The van der Waals surface area contributed by atoms with Gasteiger partial charge >= 0.3 is 0 Å². The van der Waals surface area contributed by atoms with Gasteiger partial charge in [-0.1, -0.05) is 13.8 Å². The van der Waals surface area contributed by atoms with Crippen LogP contribution < -0.4 is 5.48 Å². The van der Waals surface area contributed by atoms with Gasteiger partial charge in [0.1, 0.15) is 0 Å². The topological polar surface area (TPSA) is 32.3 Å². The van der Waals surface area contributed by atoms with Gasteiger partial charge in [-0.15, -0.1) is 11.6 Å². The second kappa shape index (κ2) is 3.28. The van der Waals surface area contributed by atoms with Crippen LogP contribution in [-0.4, -0.2) is 17.6 Å². The van der Waals surface area contributed by atoms with Crippen molar-refractivity contribution >= 4 is 11.6 Å². The molecule has 0 aliphatic carbocycles. The molecule has 8 heavy (non-hydrogen) atoms. The van der Waals surface area contributed by atoms with Gasteiger partial charge in [-0.25, -0.2) is 5.48 Å². The Labute approximate surface area is 54.8 Å². The Morgan fingerprint density at radius 1 is 1.62 bits per heavy atom. The molecule has 0 aromatic rings. The average molecular weight is 138 g/mol. The SMILES string of the molecule is CC(C)(CCl)CNO. The molecular formula is C5H12ClNO. The fourth-order valence-corrected chi connectivity index (χ4v) is 0.356. The van der Waals surface area contributed by atoms with Crippen LogP contribution >= 0.6 is 11.6 Å². The lowest BCUT2D eigenvalue weighted by Crippen LogP contribution is -2.28. The van der Waals surface area contributed by atoms with Gasteiger partial charge in [0.2, 0.25) is 0 Å². The molecule has 0 aliphatic rings.